The van der Waals surface area contributed by atoms with Crippen molar-refractivity contribution in [2.24, 2.45) is 23.7 Å². The van der Waals surface area contributed by atoms with Crippen LogP contribution < -0.4 is 10.6 Å². The third kappa shape index (κ3) is 7.50. The molecule has 7 atom stereocenters. The molecule has 4 N–H and O–H groups in total. The lowest BCUT2D eigenvalue weighted by Crippen LogP contribution is -2.52. The number of carbonyl (C=O) groups excluding carboxylic acids is 4. The van der Waals surface area contributed by atoms with Gasteiger partial charge in [0.05, 0.1) is 47.9 Å². The topological polar surface area (TPSA) is 175 Å². The van der Waals surface area contributed by atoms with Gasteiger partial charge >= 0.3 is 6.09 Å². The molecule has 4 aliphatic rings. The number of carbonyl (C=O) groups is 4. The fourth-order valence-electron chi connectivity index (χ4n) is 10.7. The molecule has 5 aromatic carbocycles. The summed E-state index contributed by atoms with van der Waals surface area (Å²) in [6.07, 6.45) is 3.57. The fraction of sp³-hybridized carbons (Fsp3) is 0.385. The highest BCUT2D eigenvalue weighted by Crippen LogP contribution is 2.53. The van der Waals surface area contributed by atoms with Crippen molar-refractivity contribution in [1.82, 2.24) is 40.4 Å². The number of aromatic nitrogens is 4. The summed E-state index contributed by atoms with van der Waals surface area (Å²) in [7, 11) is 2.99. The summed E-state index contributed by atoms with van der Waals surface area (Å²) in [6, 6.07) is 28.9. The van der Waals surface area contributed by atoms with Gasteiger partial charge in [-0.2, -0.15) is 0 Å². The number of hydrogen-bond acceptors (Lipinski definition) is 8. The van der Waals surface area contributed by atoms with Crippen LogP contribution >= 0.6 is 0 Å². The van der Waals surface area contributed by atoms with E-state index in [1.54, 1.807) is 7.11 Å². The first-order valence-corrected chi connectivity index (χ1v) is 23.2. The van der Waals surface area contributed by atoms with Crippen molar-refractivity contribution >= 4 is 67.4 Å². The van der Waals surface area contributed by atoms with E-state index in [4.69, 9.17) is 19.4 Å². The number of fused-ring (bicyclic) bond motifs is 7. The van der Waals surface area contributed by atoms with Crippen LogP contribution in [0.1, 0.15) is 81.3 Å². The highest BCUT2D eigenvalue weighted by molar-refractivity contribution is 6.07. The molecule has 2 aliphatic carbocycles. The number of H-pyrrole nitrogens is 2. The lowest BCUT2D eigenvalue weighted by molar-refractivity contribution is -0.138. The first kappa shape index (κ1) is 41.9. The molecule has 4 fully saturated rings. The number of benzene rings is 5. The van der Waals surface area contributed by atoms with Gasteiger partial charge < -0.3 is 39.9 Å². The predicted octanol–water partition coefficient (Wildman–Crippen LogP) is 8.26. The van der Waals surface area contributed by atoms with Gasteiger partial charge in [0.1, 0.15) is 23.7 Å². The van der Waals surface area contributed by atoms with Crippen molar-refractivity contribution in [1.29, 1.82) is 0 Å². The number of likely N-dealkylation sites (tertiary alicyclic amines) is 2. The van der Waals surface area contributed by atoms with Crippen LogP contribution in [0, 0.1) is 23.7 Å². The van der Waals surface area contributed by atoms with Crippen LogP contribution in [0.5, 0.6) is 0 Å². The van der Waals surface area contributed by atoms with Gasteiger partial charge in [0.15, 0.2) is 0 Å². The zero-order valence-corrected chi connectivity index (χ0v) is 37.5. The minimum absolute atomic E-state index is 0.0319. The second kappa shape index (κ2) is 16.6. The van der Waals surface area contributed by atoms with E-state index < -0.39 is 18.2 Å². The number of nitrogens with zero attached hydrogens (tertiary/aromatic N) is 4. The summed E-state index contributed by atoms with van der Waals surface area (Å²) in [5.41, 5.74) is 6.42. The lowest BCUT2D eigenvalue weighted by atomic mass is 9.98. The number of nitrogens with one attached hydrogen (secondary N) is 4. The van der Waals surface area contributed by atoms with Crippen molar-refractivity contribution in [3.8, 4) is 11.1 Å². The molecule has 2 saturated heterocycles. The van der Waals surface area contributed by atoms with Gasteiger partial charge in [0.25, 0.3) is 0 Å². The van der Waals surface area contributed by atoms with E-state index in [1.165, 1.54) is 7.11 Å². The van der Waals surface area contributed by atoms with Crippen molar-refractivity contribution in [2.45, 2.75) is 76.2 Å². The summed E-state index contributed by atoms with van der Waals surface area (Å²) < 4.78 is 10.4. The average Bonchev–Trinajstić information content (AvgIpc) is 4.10. The number of ether oxygens (including phenoxy) is 2. The van der Waals surface area contributed by atoms with E-state index in [9.17, 15) is 19.2 Å². The Morgan fingerprint density at radius 2 is 1.38 bits per heavy atom. The Hall–Kier alpha value is -6.80. The minimum Gasteiger partial charge on any atom is -0.453 e. The molecule has 14 nitrogen and oxygen atoms in total. The number of hydrogen-bond donors (Lipinski definition) is 4. The Labute approximate surface area is 381 Å². The normalized spacial score (nSPS) is 22.3. The van der Waals surface area contributed by atoms with Gasteiger partial charge in [-0.3, -0.25) is 14.4 Å². The van der Waals surface area contributed by atoms with E-state index in [0.717, 1.165) is 97.6 Å². The van der Waals surface area contributed by atoms with Gasteiger partial charge in [-0.25, -0.2) is 14.8 Å². The molecule has 7 aromatic rings. The predicted molar refractivity (Wildman–Crippen MR) is 251 cm³/mol. The molecule has 14 heteroatoms. The Morgan fingerprint density at radius 3 is 1.97 bits per heavy atom. The molecule has 66 heavy (non-hydrogen) atoms. The van der Waals surface area contributed by atoms with Gasteiger partial charge in [0, 0.05) is 42.3 Å². The molecule has 2 saturated carbocycles. The largest absolute Gasteiger partial charge is 0.453 e. The van der Waals surface area contributed by atoms with Crippen molar-refractivity contribution in [3.63, 3.8) is 0 Å². The van der Waals surface area contributed by atoms with Crippen LogP contribution in [-0.2, 0) is 23.9 Å². The number of piperidine rings is 1. The molecule has 4 amide bonds. The summed E-state index contributed by atoms with van der Waals surface area (Å²) in [4.78, 5) is 75.1. The van der Waals surface area contributed by atoms with Crippen LogP contribution in [0.4, 0.5) is 4.79 Å². The van der Waals surface area contributed by atoms with Crippen LogP contribution in [-0.4, -0.2) is 93.0 Å². The monoisotopic (exact) mass is 886 g/mol. The number of alkyl carbamates (subject to hydrolysis) is 1. The highest BCUT2D eigenvalue weighted by atomic mass is 16.5. The van der Waals surface area contributed by atoms with Gasteiger partial charge in [-0.05, 0) is 95.7 Å². The van der Waals surface area contributed by atoms with Crippen LogP contribution in [0.3, 0.4) is 0 Å². The van der Waals surface area contributed by atoms with Crippen molar-refractivity contribution in [2.75, 3.05) is 27.4 Å². The number of methoxy groups -OCH3 is 2. The van der Waals surface area contributed by atoms with Crippen molar-refractivity contribution in [3.05, 3.63) is 108 Å². The van der Waals surface area contributed by atoms with Gasteiger partial charge in [0.2, 0.25) is 17.7 Å². The average molecular weight is 887 g/mol. The standard InChI is InChI=1S/C52H54N8O6/c1-27(2)43(58-52(64)66-4)51(63)60-40-23-35(40)24-42(60)48-54-39-19-15-34-22-32(13-17-37(34)46(39)56-48)31-12-16-36-33(21-31)14-18-38-45(36)55-47(53-38)41-20-28(26-65-3)25-59(41)50(62)44(29-8-6-5-7-9-29)57-49(61)30-10-11-30/h5-9,12-19,21-22,27-28,30,35,40-44H,10-11,20,23-26H2,1-4H3,(H,53,55)(H,54,56)(H,57,61)(H,58,64)/t28-,35+,40+,41-,42-,43?,44+/m0/s1. The number of amides is 4. The Morgan fingerprint density at radius 1 is 0.742 bits per heavy atom. The molecular formula is C52H54N8O6. The maximum Gasteiger partial charge on any atom is 0.407 e. The summed E-state index contributed by atoms with van der Waals surface area (Å²) in [5.74, 6) is 1.56. The summed E-state index contributed by atoms with van der Waals surface area (Å²) in [5, 5.41) is 10.1. The third-order valence-corrected chi connectivity index (χ3v) is 14.4. The Kier molecular flexibility index (Phi) is 10.5. The molecule has 2 aromatic heterocycles. The first-order valence-electron chi connectivity index (χ1n) is 23.2. The molecule has 2 aliphatic heterocycles. The molecule has 0 radical (unpaired) electrons. The molecule has 11 rings (SSSR count). The number of rotatable bonds is 12. The number of imidazole rings is 2. The highest BCUT2D eigenvalue weighted by Gasteiger charge is 2.56. The molecule has 0 bridgehead atoms. The lowest BCUT2D eigenvalue weighted by Gasteiger charge is -2.31. The van der Waals surface area contributed by atoms with E-state index in [-0.39, 0.29) is 53.6 Å². The molecule has 1 unspecified atom stereocenters. The SMILES string of the molecule is COC[C@H]1C[C@@H](c2nc3ccc4cc(-c5ccc6c(ccc7nc([C@@H]8C[C@H]9C[C@H]9N8C(=O)C(NC(=O)OC)C(C)C)[nH]c76)c5)ccc4c3[nH]2)N(C(=O)[C@H](NC(=O)C2CC2)c2ccccc2)C1. The molecule has 0 spiro atoms. The van der Waals surface area contributed by atoms with Crippen LogP contribution in [0.25, 0.3) is 54.7 Å². The molecular weight excluding hydrogens is 833 g/mol. The zero-order valence-electron chi connectivity index (χ0n) is 37.5. The summed E-state index contributed by atoms with van der Waals surface area (Å²) in [6.45, 7) is 4.87. The van der Waals surface area contributed by atoms with E-state index in [0.29, 0.717) is 25.5 Å². The smallest absolute Gasteiger partial charge is 0.407 e. The zero-order chi connectivity index (χ0) is 45.4. The number of aromatic amines is 2. The van der Waals surface area contributed by atoms with E-state index >= 15 is 0 Å². The Balaban J connectivity index is 0.867. The molecule has 4 heterocycles. The van der Waals surface area contributed by atoms with Crippen LogP contribution in [0.15, 0.2) is 91.0 Å². The maximum atomic E-state index is 14.6. The fourth-order valence-corrected chi connectivity index (χ4v) is 10.7. The first-order chi connectivity index (χ1) is 32.1. The van der Waals surface area contributed by atoms with Crippen molar-refractivity contribution < 1.29 is 28.7 Å². The van der Waals surface area contributed by atoms with Crippen LogP contribution in [0.2, 0.25) is 0 Å². The van der Waals surface area contributed by atoms with E-state index in [2.05, 4.69) is 69.1 Å². The minimum atomic E-state index is -0.794. The van der Waals surface area contributed by atoms with Gasteiger partial charge in [-0.15, -0.1) is 0 Å². The summed E-state index contributed by atoms with van der Waals surface area (Å²) >= 11 is 0. The quantitative estimate of drug-likeness (QED) is 0.0949. The Bertz CT molecular complexity index is 3050. The maximum absolute atomic E-state index is 14.6. The third-order valence-electron chi connectivity index (χ3n) is 14.4. The molecule has 338 valence electrons. The van der Waals surface area contributed by atoms with Gasteiger partial charge in [-0.1, -0.05) is 80.6 Å². The van der Waals surface area contributed by atoms with E-state index in [1.807, 2.05) is 66.1 Å². The second-order valence-electron chi connectivity index (χ2n) is 19.1. The second-order valence-corrected chi connectivity index (χ2v) is 19.1.